The standard InChI is InChI=1S/C17H17N3O2S/c18-15-13-7-10-23-17(13)20-16(19-15)12-3-1-2-4-14(12)22-11-5-8-21-9-6-11/h1-4,7,10-11H,5-6,8-9H2,(H2,18,19,20). The van der Waals surface area contributed by atoms with Crippen LogP contribution in [0.5, 0.6) is 5.75 Å². The van der Waals surface area contributed by atoms with Gasteiger partial charge in [0.1, 0.15) is 22.5 Å². The minimum atomic E-state index is 0.174. The molecule has 0 amide bonds. The molecule has 0 spiro atoms. The zero-order valence-electron chi connectivity index (χ0n) is 12.6. The molecular weight excluding hydrogens is 310 g/mol. The molecule has 0 radical (unpaired) electrons. The number of fused-ring (bicyclic) bond motifs is 1. The predicted molar refractivity (Wildman–Crippen MR) is 91.7 cm³/mol. The van der Waals surface area contributed by atoms with Crippen LogP contribution in [0.4, 0.5) is 5.82 Å². The van der Waals surface area contributed by atoms with Gasteiger partial charge in [0.2, 0.25) is 0 Å². The van der Waals surface area contributed by atoms with Crippen LogP contribution in [-0.2, 0) is 4.74 Å². The maximum Gasteiger partial charge on any atom is 0.166 e. The lowest BCUT2D eigenvalue weighted by molar-refractivity contribution is 0.0258. The number of nitrogens with two attached hydrogens (primary N) is 1. The summed E-state index contributed by atoms with van der Waals surface area (Å²) in [5.41, 5.74) is 6.95. The van der Waals surface area contributed by atoms with Crippen molar-refractivity contribution in [2.75, 3.05) is 18.9 Å². The van der Waals surface area contributed by atoms with Crippen LogP contribution < -0.4 is 10.5 Å². The number of hydrogen-bond acceptors (Lipinski definition) is 6. The third kappa shape index (κ3) is 2.87. The van der Waals surface area contributed by atoms with Crippen molar-refractivity contribution in [1.29, 1.82) is 0 Å². The fraction of sp³-hybridized carbons (Fsp3) is 0.294. The Labute approximate surface area is 138 Å². The summed E-state index contributed by atoms with van der Waals surface area (Å²) in [5.74, 6) is 1.92. The van der Waals surface area contributed by atoms with Gasteiger partial charge in [0.15, 0.2) is 5.82 Å². The van der Waals surface area contributed by atoms with Crippen molar-refractivity contribution in [3.63, 3.8) is 0 Å². The summed E-state index contributed by atoms with van der Waals surface area (Å²) in [4.78, 5) is 10.0. The number of nitrogens with zero attached hydrogens (tertiary/aromatic N) is 2. The summed E-state index contributed by atoms with van der Waals surface area (Å²) in [5, 5.41) is 2.88. The monoisotopic (exact) mass is 327 g/mol. The SMILES string of the molecule is Nc1nc(-c2ccccc2OC2CCOCC2)nc2sccc12. The highest BCUT2D eigenvalue weighted by Crippen LogP contribution is 2.32. The molecule has 1 aliphatic rings. The molecule has 1 saturated heterocycles. The first-order valence-electron chi connectivity index (χ1n) is 7.66. The number of ether oxygens (including phenoxy) is 2. The second-order valence-electron chi connectivity index (χ2n) is 5.50. The predicted octanol–water partition coefficient (Wildman–Crippen LogP) is 3.50. The maximum absolute atomic E-state index is 6.18. The molecule has 6 heteroatoms. The zero-order valence-corrected chi connectivity index (χ0v) is 13.4. The number of hydrogen-bond donors (Lipinski definition) is 1. The maximum atomic E-state index is 6.18. The Kier molecular flexibility index (Phi) is 3.85. The van der Waals surface area contributed by atoms with Crippen LogP contribution in [-0.4, -0.2) is 29.3 Å². The van der Waals surface area contributed by atoms with Crippen LogP contribution in [0.25, 0.3) is 21.6 Å². The molecule has 0 atom stereocenters. The molecule has 1 fully saturated rings. The number of para-hydroxylation sites is 1. The average Bonchev–Trinajstić information content (AvgIpc) is 3.05. The van der Waals surface area contributed by atoms with Crippen molar-refractivity contribution in [3.05, 3.63) is 35.7 Å². The molecular formula is C17H17N3O2S. The van der Waals surface area contributed by atoms with E-state index in [4.69, 9.17) is 15.2 Å². The van der Waals surface area contributed by atoms with E-state index in [-0.39, 0.29) is 6.10 Å². The summed E-state index contributed by atoms with van der Waals surface area (Å²) >= 11 is 1.56. The van der Waals surface area contributed by atoms with Crippen molar-refractivity contribution in [2.45, 2.75) is 18.9 Å². The Morgan fingerprint density at radius 1 is 1.13 bits per heavy atom. The smallest absolute Gasteiger partial charge is 0.166 e. The molecule has 0 aliphatic carbocycles. The van der Waals surface area contributed by atoms with Gasteiger partial charge in [-0.25, -0.2) is 9.97 Å². The molecule has 3 heterocycles. The van der Waals surface area contributed by atoms with Crippen molar-refractivity contribution < 1.29 is 9.47 Å². The van der Waals surface area contributed by atoms with Gasteiger partial charge in [-0.15, -0.1) is 11.3 Å². The van der Waals surface area contributed by atoms with Gasteiger partial charge in [0.05, 0.1) is 24.2 Å². The van der Waals surface area contributed by atoms with E-state index in [1.165, 1.54) is 0 Å². The number of rotatable bonds is 3. The molecule has 3 aromatic rings. The fourth-order valence-electron chi connectivity index (χ4n) is 2.73. The van der Waals surface area contributed by atoms with Gasteiger partial charge in [-0.2, -0.15) is 0 Å². The lowest BCUT2D eigenvalue weighted by atomic mass is 10.1. The van der Waals surface area contributed by atoms with Gasteiger partial charge in [-0.1, -0.05) is 12.1 Å². The number of thiophene rings is 1. The third-order valence-corrected chi connectivity index (χ3v) is 4.75. The molecule has 1 aromatic carbocycles. The molecule has 0 unspecified atom stereocenters. The molecule has 23 heavy (non-hydrogen) atoms. The average molecular weight is 327 g/mol. The first-order chi connectivity index (χ1) is 11.3. The zero-order chi connectivity index (χ0) is 15.6. The Morgan fingerprint density at radius 3 is 2.83 bits per heavy atom. The highest BCUT2D eigenvalue weighted by molar-refractivity contribution is 7.16. The van der Waals surface area contributed by atoms with Gasteiger partial charge < -0.3 is 15.2 Å². The Morgan fingerprint density at radius 2 is 1.96 bits per heavy atom. The number of anilines is 1. The van der Waals surface area contributed by atoms with Gasteiger partial charge in [0, 0.05) is 12.8 Å². The summed E-state index contributed by atoms with van der Waals surface area (Å²) in [6.07, 6.45) is 1.98. The van der Waals surface area contributed by atoms with Crippen LogP contribution in [0.3, 0.4) is 0 Å². The highest BCUT2D eigenvalue weighted by atomic mass is 32.1. The van der Waals surface area contributed by atoms with E-state index in [1.54, 1.807) is 11.3 Å². The lowest BCUT2D eigenvalue weighted by Gasteiger charge is -2.24. The topological polar surface area (TPSA) is 70.3 Å². The first-order valence-corrected chi connectivity index (χ1v) is 8.54. The Balaban J connectivity index is 1.72. The van der Waals surface area contributed by atoms with Crippen LogP contribution >= 0.6 is 11.3 Å². The number of nitrogen functional groups attached to an aromatic ring is 1. The molecule has 118 valence electrons. The van der Waals surface area contributed by atoms with Crippen molar-refractivity contribution in [3.8, 4) is 17.1 Å². The van der Waals surface area contributed by atoms with Crippen molar-refractivity contribution in [1.82, 2.24) is 9.97 Å². The van der Waals surface area contributed by atoms with Gasteiger partial charge >= 0.3 is 0 Å². The minimum Gasteiger partial charge on any atom is -0.489 e. The lowest BCUT2D eigenvalue weighted by Crippen LogP contribution is -2.26. The molecule has 2 aromatic heterocycles. The largest absolute Gasteiger partial charge is 0.489 e. The van der Waals surface area contributed by atoms with Gasteiger partial charge in [0.25, 0.3) is 0 Å². The Bertz CT molecular complexity index is 828. The normalized spacial score (nSPS) is 15.8. The summed E-state index contributed by atoms with van der Waals surface area (Å²) in [6, 6.07) is 9.81. The van der Waals surface area contributed by atoms with Crippen molar-refractivity contribution in [2.24, 2.45) is 0 Å². The van der Waals surface area contributed by atoms with E-state index in [9.17, 15) is 0 Å². The van der Waals surface area contributed by atoms with Gasteiger partial charge in [-0.3, -0.25) is 0 Å². The number of aromatic nitrogens is 2. The second kappa shape index (κ2) is 6.14. The van der Waals surface area contributed by atoms with Gasteiger partial charge in [-0.05, 0) is 23.6 Å². The van der Waals surface area contributed by atoms with E-state index in [0.717, 1.165) is 47.6 Å². The van der Waals surface area contributed by atoms with E-state index in [0.29, 0.717) is 11.6 Å². The minimum absolute atomic E-state index is 0.174. The van der Waals surface area contributed by atoms with E-state index < -0.39 is 0 Å². The summed E-state index contributed by atoms with van der Waals surface area (Å²) in [7, 11) is 0. The van der Waals surface area contributed by atoms with Crippen LogP contribution in [0.2, 0.25) is 0 Å². The fourth-order valence-corrected chi connectivity index (χ4v) is 3.50. The van der Waals surface area contributed by atoms with E-state index in [1.807, 2.05) is 35.7 Å². The highest BCUT2D eigenvalue weighted by Gasteiger charge is 2.18. The molecule has 4 rings (SSSR count). The Hall–Kier alpha value is -2.18. The van der Waals surface area contributed by atoms with Crippen LogP contribution in [0, 0.1) is 0 Å². The molecule has 0 saturated carbocycles. The summed E-state index contributed by atoms with van der Waals surface area (Å²) in [6.45, 7) is 1.49. The van der Waals surface area contributed by atoms with E-state index in [2.05, 4.69) is 9.97 Å². The molecule has 2 N–H and O–H groups in total. The van der Waals surface area contributed by atoms with E-state index >= 15 is 0 Å². The summed E-state index contributed by atoms with van der Waals surface area (Å²) < 4.78 is 11.6. The first kappa shape index (κ1) is 14.4. The van der Waals surface area contributed by atoms with Crippen molar-refractivity contribution >= 4 is 27.4 Å². The van der Waals surface area contributed by atoms with Crippen LogP contribution in [0.1, 0.15) is 12.8 Å². The molecule has 0 bridgehead atoms. The molecule has 1 aliphatic heterocycles. The number of benzene rings is 1. The quantitative estimate of drug-likeness (QED) is 0.797. The molecule has 5 nitrogen and oxygen atoms in total. The second-order valence-corrected chi connectivity index (χ2v) is 6.39. The van der Waals surface area contributed by atoms with Crippen LogP contribution in [0.15, 0.2) is 35.7 Å². The third-order valence-electron chi connectivity index (χ3n) is 3.94.